The molecule has 0 spiro atoms. The molecule has 2 fully saturated rings. The lowest BCUT2D eigenvalue weighted by atomic mass is 9.86. The van der Waals surface area contributed by atoms with Crippen LogP contribution in [0.1, 0.15) is 32.1 Å². The number of benzene rings is 1. The van der Waals surface area contributed by atoms with Crippen LogP contribution in [0.4, 0.5) is 5.69 Å². The van der Waals surface area contributed by atoms with Gasteiger partial charge in [0.2, 0.25) is 11.8 Å². The molecule has 0 aromatic heterocycles. The zero-order valence-electron chi connectivity index (χ0n) is 14.8. The van der Waals surface area contributed by atoms with Crippen LogP contribution in [0.5, 0.6) is 0 Å². The van der Waals surface area contributed by atoms with Crippen LogP contribution in [0.15, 0.2) is 29.2 Å². The highest BCUT2D eigenvalue weighted by atomic mass is 32.2. The van der Waals surface area contributed by atoms with Gasteiger partial charge in [-0.05, 0) is 50.1 Å². The van der Waals surface area contributed by atoms with Gasteiger partial charge in [-0.2, -0.15) is 0 Å². The summed E-state index contributed by atoms with van der Waals surface area (Å²) in [5.41, 5.74) is 0.833. The summed E-state index contributed by atoms with van der Waals surface area (Å²) in [5.74, 6) is -1.52. The molecule has 1 saturated heterocycles. The van der Waals surface area contributed by atoms with Crippen LogP contribution < -0.4 is 10.2 Å². The fraction of sp³-hybridized carbons (Fsp3) is 0.526. The van der Waals surface area contributed by atoms with Gasteiger partial charge in [0.1, 0.15) is 0 Å². The summed E-state index contributed by atoms with van der Waals surface area (Å²) in [6.45, 7) is 0.396. The van der Waals surface area contributed by atoms with Gasteiger partial charge in [-0.1, -0.05) is 6.07 Å². The number of nitrogens with zero attached hydrogens (tertiary/aromatic N) is 1. The van der Waals surface area contributed by atoms with Gasteiger partial charge in [0.25, 0.3) is 0 Å². The van der Waals surface area contributed by atoms with E-state index in [1.165, 1.54) is 0 Å². The van der Waals surface area contributed by atoms with E-state index < -0.39 is 5.97 Å². The molecule has 1 heterocycles. The van der Waals surface area contributed by atoms with Crippen molar-refractivity contribution in [3.8, 4) is 0 Å². The lowest BCUT2D eigenvalue weighted by Crippen LogP contribution is -2.42. The van der Waals surface area contributed by atoms with E-state index in [2.05, 4.69) is 5.32 Å². The Morgan fingerprint density at radius 1 is 1.19 bits per heavy atom. The van der Waals surface area contributed by atoms with Crippen molar-refractivity contribution in [1.29, 1.82) is 0 Å². The first kappa shape index (κ1) is 18.8. The molecule has 0 radical (unpaired) electrons. The van der Waals surface area contributed by atoms with Crippen LogP contribution in [0.2, 0.25) is 0 Å². The second-order valence-corrected chi connectivity index (χ2v) is 7.88. The summed E-state index contributed by atoms with van der Waals surface area (Å²) in [7, 11) is 0. The Kier molecular flexibility index (Phi) is 5.86. The number of carboxylic acid groups (broad SMARTS) is 1. The maximum absolute atomic E-state index is 12.6. The van der Waals surface area contributed by atoms with E-state index >= 15 is 0 Å². The van der Waals surface area contributed by atoms with Crippen molar-refractivity contribution in [1.82, 2.24) is 5.32 Å². The summed E-state index contributed by atoms with van der Waals surface area (Å²) in [6.07, 6.45) is 4.76. The van der Waals surface area contributed by atoms with Crippen molar-refractivity contribution in [2.75, 3.05) is 17.7 Å². The van der Waals surface area contributed by atoms with Crippen LogP contribution in [-0.4, -0.2) is 41.7 Å². The van der Waals surface area contributed by atoms with E-state index in [4.69, 9.17) is 5.11 Å². The molecule has 26 heavy (non-hydrogen) atoms. The summed E-state index contributed by atoms with van der Waals surface area (Å²) in [4.78, 5) is 38.7. The minimum atomic E-state index is -0.751. The van der Waals surface area contributed by atoms with E-state index in [1.807, 2.05) is 30.5 Å². The fourth-order valence-electron chi connectivity index (χ4n) is 3.71. The molecule has 6 nitrogen and oxygen atoms in total. The average molecular weight is 376 g/mol. The first-order chi connectivity index (χ1) is 12.5. The van der Waals surface area contributed by atoms with E-state index in [1.54, 1.807) is 16.7 Å². The number of thioether (sulfide) groups is 1. The molecule has 1 aromatic rings. The zero-order valence-corrected chi connectivity index (χ0v) is 15.6. The minimum Gasteiger partial charge on any atom is -0.481 e. The summed E-state index contributed by atoms with van der Waals surface area (Å²) in [6, 6.07) is 7.79. The summed E-state index contributed by atoms with van der Waals surface area (Å²) in [5, 5.41) is 12.1. The molecular weight excluding hydrogens is 352 g/mol. The molecule has 1 unspecified atom stereocenters. The van der Waals surface area contributed by atoms with Crippen molar-refractivity contribution in [3.63, 3.8) is 0 Å². The Labute approximate surface area is 157 Å². The first-order valence-corrected chi connectivity index (χ1v) is 10.2. The van der Waals surface area contributed by atoms with Gasteiger partial charge in [0.15, 0.2) is 0 Å². The Morgan fingerprint density at radius 2 is 1.92 bits per heavy atom. The van der Waals surface area contributed by atoms with Gasteiger partial charge in [0.05, 0.1) is 11.8 Å². The van der Waals surface area contributed by atoms with E-state index in [9.17, 15) is 14.4 Å². The summed E-state index contributed by atoms with van der Waals surface area (Å²) >= 11 is 1.62. The van der Waals surface area contributed by atoms with Crippen LogP contribution in [0.25, 0.3) is 0 Å². The predicted octanol–water partition coefficient (Wildman–Crippen LogP) is 2.52. The Bertz CT molecular complexity index is 701. The number of carbonyl (C=O) groups excluding carboxylic acids is 2. The lowest BCUT2D eigenvalue weighted by Gasteiger charge is -2.27. The second kappa shape index (κ2) is 8.12. The highest BCUT2D eigenvalue weighted by Gasteiger charge is 2.36. The number of rotatable bonds is 5. The van der Waals surface area contributed by atoms with E-state index in [-0.39, 0.29) is 36.1 Å². The number of aliphatic carboxylic acids is 1. The van der Waals surface area contributed by atoms with Gasteiger partial charge < -0.3 is 15.3 Å². The van der Waals surface area contributed by atoms with Crippen LogP contribution in [-0.2, 0) is 14.4 Å². The molecule has 140 valence electrons. The molecule has 2 N–H and O–H groups in total. The molecule has 2 amide bonds. The molecule has 0 bridgehead atoms. The smallest absolute Gasteiger partial charge is 0.306 e. The van der Waals surface area contributed by atoms with Gasteiger partial charge in [0, 0.05) is 29.6 Å². The second-order valence-electron chi connectivity index (χ2n) is 7.00. The predicted molar refractivity (Wildman–Crippen MR) is 100 cm³/mol. The van der Waals surface area contributed by atoms with Gasteiger partial charge in [-0.15, -0.1) is 11.8 Å². The number of nitrogens with one attached hydrogen (secondary N) is 1. The lowest BCUT2D eigenvalue weighted by molar-refractivity contribution is -0.142. The van der Waals surface area contributed by atoms with Crippen molar-refractivity contribution in [3.05, 3.63) is 24.3 Å². The van der Waals surface area contributed by atoms with Crippen molar-refractivity contribution < 1.29 is 19.5 Å². The summed E-state index contributed by atoms with van der Waals surface area (Å²) < 4.78 is 0. The Morgan fingerprint density at radius 3 is 2.58 bits per heavy atom. The third-order valence-corrected chi connectivity index (χ3v) is 6.01. The van der Waals surface area contributed by atoms with Crippen molar-refractivity contribution in [2.24, 2.45) is 11.8 Å². The van der Waals surface area contributed by atoms with Gasteiger partial charge >= 0.3 is 5.97 Å². The molecule has 1 aromatic carbocycles. The SMILES string of the molecule is CSc1cccc(N2CC(C(=O)NC3CCC(C(=O)O)CC3)CC2=O)c1. The number of hydrogen-bond donors (Lipinski definition) is 2. The van der Waals surface area contributed by atoms with Crippen molar-refractivity contribution in [2.45, 2.75) is 43.0 Å². The van der Waals surface area contributed by atoms with Crippen molar-refractivity contribution >= 4 is 35.2 Å². The fourth-order valence-corrected chi connectivity index (χ4v) is 4.17. The average Bonchev–Trinajstić information content (AvgIpc) is 3.04. The molecule has 1 atom stereocenters. The third-order valence-electron chi connectivity index (χ3n) is 5.28. The highest BCUT2D eigenvalue weighted by molar-refractivity contribution is 7.98. The molecule has 1 aliphatic carbocycles. The molecular formula is C19H24N2O4S. The Balaban J connectivity index is 1.56. The molecule has 7 heteroatoms. The van der Waals surface area contributed by atoms with Crippen LogP contribution >= 0.6 is 11.8 Å². The van der Waals surface area contributed by atoms with Gasteiger partial charge in [-0.25, -0.2) is 0 Å². The van der Waals surface area contributed by atoms with Crippen LogP contribution in [0.3, 0.4) is 0 Å². The molecule has 1 aliphatic heterocycles. The molecule has 3 rings (SSSR count). The topological polar surface area (TPSA) is 86.7 Å². The largest absolute Gasteiger partial charge is 0.481 e. The standard InChI is InChI=1S/C19H24N2O4S/c1-26-16-4-2-3-15(10-16)21-11-13(9-17(21)22)18(23)20-14-7-5-12(6-8-14)19(24)25/h2-4,10,12-14H,5-9,11H2,1H3,(H,20,23)(H,24,25). The van der Waals surface area contributed by atoms with E-state index in [0.29, 0.717) is 32.2 Å². The monoisotopic (exact) mass is 376 g/mol. The van der Waals surface area contributed by atoms with Gasteiger partial charge in [-0.3, -0.25) is 14.4 Å². The molecule has 1 saturated carbocycles. The number of anilines is 1. The highest BCUT2D eigenvalue weighted by Crippen LogP contribution is 2.29. The number of carbonyl (C=O) groups is 3. The molecule has 2 aliphatic rings. The third kappa shape index (κ3) is 4.20. The normalized spacial score (nSPS) is 26.0. The zero-order chi connectivity index (χ0) is 18.7. The van der Waals surface area contributed by atoms with E-state index in [0.717, 1.165) is 10.6 Å². The Hall–Kier alpha value is -2.02. The quantitative estimate of drug-likeness (QED) is 0.771. The minimum absolute atomic E-state index is 0.0158. The number of amides is 2. The maximum Gasteiger partial charge on any atom is 0.306 e. The first-order valence-electron chi connectivity index (χ1n) is 8.95. The number of hydrogen-bond acceptors (Lipinski definition) is 4. The maximum atomic E-state index is 12.6. The number of carboxylic acids is 1. The van der Waals surface area contributed by atoms with Crippen LogP contribution in [0, 0.1) is 11.8 Å².